The Kier molecular flexibility index (Phi) is 7.79. The molecule has 120 valence electrons. The molecule has 0 heterocycles. The van der Waals surface area contributed by atoms with Crippen molar-refractivity contribution in [2.24, 2.45) is 0 Å². The van der Waals surface area contributed by atoms with Gasteiger partial charge in [0.25, 0.3) is 0 Å². The zero-order valence-electron chi connectivity index (χ0n) is 12.4. The van der Waals surface area contributed by atoms with E-state index in [1.165, 1.54) is 6.07 Å². The minimum atomic E-state index is -3.82. The van der Waals surface area contributed by atoms with Crippen LogP contribution in [0.3, 0.4) is 0 Å². The van der Waals surface area contributed by atoms with Crippen molar-refractivity contribution in [2.75, 3.05) is 13.6 Å². The minimum absolute atomic E-state index is 0.268. The van der Waals surface area contributed by atoms with Gasteiger partial charge in [-0.1, -0.05) is 42.1 Å². The van der Waals surface area contributed by atoms with E-state index in [-0.39, 0.29) is 11.4 Å². The van der Waals surface area contributed by atoms with Crippen molar-refractivity contribution in [1.29, 1.82) is 0 Å². The molecule has 21 heavy (non-hydrogen) atoms. The van der Waals surface area contributed by atoms with E-state index in [0.29, 0.717) is 16.6 Å². The number of hydrogen-bond donors (Lipinski definition) is 2. The van der Waals surface area contributed by atoms with E-state index >= 15 is 0 Å². The van der Waals surface area contributed by atoms with Gasteiger partial charge < -0.3 is 5.32 Å². The summed E-state index contributed by atoms with van der Waals surface area (Å²) < 4.78 is 41.7. The number of halogens is 2. The average Bonchev–Trinajstić information content (AvgIpc) is 2.42. The maximum atomic E-state index is 14.3. The molecular weight excluding hydrogens is 359 g/mol. The Morgan fingerprint density at radius 3 is 2.57 bits per heavy atom. The number of sulfonamides is 1. The van der Waals surface area contributed by atoms with Crippen LogP contribution in [0.25, 0.3) is 0 Å². The monoisotopic (exact) mass is 380 g/mol. The molecule has 0 aliphatic rings. The van der Waals surface area contributed by atoms with Gasteiger partial charge in [-0.05, 0) is 25.6 Å². The highest BCUT2D eigenvalue weighted by atomic mass is 79.9. The highest BCUT2D eigenvalue weighted by molar-refractivity contribution is 9.10. The molecular formula is C14H22BrFN2O2S. The van der Waals surface area contributed by atoms with E-state index in [9.17, 15) is 12.8 Å². The van der Waals surface area contributed by atoms with Gasteiger partial charge in [0.1, 0.15) is 10.7 Å². The Labute approximate surface area is 134 Å². The van der Waals surface area contributed by atoms with E-state index in [1.807, 2.05) is 0 Å². The molecule has 0 aliphatic heterocycles. The van der Waals surface area contributed by atoms with Gasteiger partial charge in [0.2, 0.25) is 10.0 Å². The van der Waals surface area contributed by atoms with Crippen molar-refractivity contribution in [2.45, 2.75) is 44.0 Å². The number of benzene rings is 1. The van der Waals surface area contributed by atoms with Crippen LogP contribution in [0.1, 0.15) is 38.2 Å². The summed E-state index contributed by atoms with van der Waals surface area (Å²) in [6.45, 7) is 2.68. The highest BCUT2D eigenvalue weighted by Crippen LogP contribution is 2.24. The first-order valence-electron chi connectivity index (χ1n) is 7.04. The lowest BCUT2D eigenvalue weighted by molar-refractivity contribution is 0.542. The summed E-state index contributed by atoms with van der Waals surface area (Å²) >= 11 is 3.23. The van der Waals surface area contributed by atoms with Crippen LogP contribution in [0.5, 0.6) is 0 Å². The largest absolute Gasteiger partial charge is 0.316 e. The van der Waals surface area contributed by atoms with Crippen molar-refractivity contribution in [3.63, 3.8) is 0 Å². The van der Waals surface area contributed by atoms with Gasteiger partial charge in [0.05, 0.1) is 0 Å². The SMILES string of the molecule is CCCCCCNS(=O)(=O)c1cc(Br)cc(CNC)c1F. The fourth-order valence-electron chi connectivity index (χ4n) is 1.97. The predicted octanol–water partition coefficient (Wildman–Crippen LogP) is 3.17. The molecule has 0 fully saturated rings. The molecule has 1 aromatic carbocycles. The standard InChI is InChI=1S/C14H22BrFN2O2S/c1-3-4-5-6-7-18-21(19,20)13-9-12(15)8-11(10-17-2)14(13)16/h8-9,17-18H,3-7,10H2,1-2H3. The Bertz CT molecular complexity index is 564. The van der Waals surface area contributed by atoms with Crippen LogP contribution in [0.4, 0.5) is 4.39 Å². The Morgan fingerprint density at radius 2 is 1.95 bits per heavy atom. The van der Waals surface area contributed by atoms with Crippen molar-refractivity contribution in [3.8, 4) is 0 Å². The van der Waals surface area contributed by atoms with Crippen LogP contribution in [0, 0.1) is 5.82 Å². The first-order chi connectivity index (χ1) is 9.92. The molecule has 0 radical (unpaired) electrons. The van der Waals surface area contributed by atoms with Gasteiger partial charge in [-0.25, -0.2) is 17.5 Å². The second-order valence-corrected chi connectivity index (χ2v) is 7.52. The molecule has 0 aliphatic carbocycles. The lowest BCUT2D eigenvalue weighted by atomic mass is 10.2. The second kappa shape index (κ2) is 8.82. The third-order valence-corrected chi connectivity index (χ3v) is 4.98. The third kappa shape index (κ3) is 5.65. The smallest absolute Gasteiger partial charge is 0.243 e. The predicted molar refractivity (Wildman–Crippen MR) is 86.2 cm³/mol. The third-order valence-electron chi connectivity index (χ3n) is 3.06. The highest BCUT2D eigenvalue weighted by Gasteiger charge is 2.21. The van der Waals surface area contributed by atoms with Crippen LogP contribution in [0.2, 0.25) is 0 Å². The molecule has 0 spiro atoms. The van der Waals surface area contributed by atoms with Gasteiger partial charge in [-0.15, -0.1) is 0 Å². The summed E-state index contributed by atoms with van der Waals surface area (Å²) in [5, 5.41) is 2.82. The number of rotatable bonds is 9. The van der Waals surface area contributed by atoms with Gasteiger partial charge in [-0.3, -0.25) is 0 Å². The average molecular weight is 381 g/mol. The summed E-state index contributed by atoms with van der Waals surface area (Å²) in [6, 6.07) is 2.87. The van der Waals surface area contributed by atoms with Gasteiger partial charge in [0, 0.05) is 23.1 Å². The lowest BCUT2D eigenvalue weighted by Gasteiger charge is -2.11. The van der Waals surface area contributed by atoms with Crippen molar-refractivity contribution < 1.29 is 12.8 Å². The second-order valence-electron chi connectivity index (χ2n) is 4.87. The van der Waals surface area contributed by atoms with Crippen LogP contribution in [-0.4, -0.2) is 22.0 Å². The van der Waals surface area contributed by atoms with Crippen LogP contribution in [0.15, 0.2) is 21.5 Å². The molecule has 1 aromatic rings. The van der Waals surface area contributed by atoms with E-state index in [0.717, 1.165) is 25.7 Å². The molecule has 4 nitrogen and oxygen atoms in total. The number of hydrogen-bond acceptors (Lipinski definition) is 3. The molecule has 7 heteroatoms. The van der Waals surface area contributed by atoms with Crippen LogP contribution < -0.4 is 10.0 Å². The van der Waals surface area contributed by atoms with E-state index in [2.05, 4.69) is 32.9 Å². The Balaban J connectivity index is 2.87. The summed E-state index contributed by atoms with van der Waals surface area (Å²) in [5.41, 5.74) is 0.318. The van der Waals surface area contributed by atoms with Crippen molar-refractivity contribution >= 4 is 26.0 Å². The summed E-state index contributed by atoms with van der Waals surface area (Å²) in [6.07, 6.45) is 3.87. The molecule has 0 unspecified atom stereocenters. The maximum Gasteiger partial charge on any atom is 0.243 e. The molecule has 0 atom stereocenters. The Hall–Kier alpha value is -0.500. The maximum absolute atomic E-state index is 14.3. The zero-order valence-corrected chi connectivity index (χ0v) is 14.8. The topological polar surface area (TPSA) is 58.2 Å². The molecule has 1 rings (SSSR count). The lowest BCUT2D eigenvalue weighted by Crippen LogP contribution is -2.26. The van der Waals surface area contributed by atoms with Crippen molar-refractivity contribution in [1.82, 2.24) is 10.0 Å². The zero-order chi connectivity index (χ0) is 15.9. The molecule has 0 saturated carbocycles. The molecule has 0 amide bonds. The quantitative estimate of drug-likeness (QED) is 0.646. The van der Waals surface area contributed by atoms with E-state index < -0.39 is 15.8 Å². The summed E-state index contributed by atoms with van der Waals surface area (Å²) in [7, 11) is -2.14. The van der Waals surface area contributed by atoms with Gasteiger partial charge in [-0.2, -0.15) is 0 Å². The summed E-state index contributed by atoms with van der Waals surface area (Å²) in [5.74, 6) is -0.700. The van der Waals surface area contributed by atoms with E-state index in [4.69, 9.17) is 0 Å². The van der Waals surface area contributed by atoms with E-state index in [1.54, 1.807) is 13.1 Å². The fraction of sp³-hybridized carbons (Fsp3) is 0.571. The number of unbranched alkanes of at least 4 members (excludes halogenated alkanes) is 3. The first kappa shape index (κ1) is 18.5. The van der Waals surface area contributed by atoms with Gasteiger partial charge in [0.15, 0.2) is 0 Å². The number of nitrogens with one attached hydrogen (secondary N) is 2. The Morgan fingerprint density at radius 1 is 1.24 bits per heavy atom. The molecule has 0 aromatic heterocycles. The van der Waals surface area contributed by atoms with Crippen LogP contribution in [-0.2, 0) is 16.6 Å². The fourth-order valence-corrected chi connectivity index (χ4v) is 3.84. The minimum Gasteiger partial charge on any atom is -0.316 e. The normalized spacial score (nSPS) is 11.8. The molecule has 2 N–H and O–H groups in total. The van der Waals surface area contributed by atoms with Crippen molar-refractivity contribution in [3.05, 3.63) is 28.0 Å². The molecule has 0 bridgehead atoms. The summed E-state index contributed by atoms with van der Waals surface area (Å²) in [4.78, 5) is -0.308. The molecule has 0 saturated heterocycles. The van der Waals surface area contributed by atoms with Gasteiger partial charge >= 0.3 is 0 Å². The first-order valence-corrected chi connectivity index (χ1v) is 9.32. The van der Waals surface area contributed by atoms with Crippen LogP contribution >= 0.6 is 15.9 Å².